The van der Waals surface area contributed by atoms with Gasteiger partial charge >= 0.3 is 5.97 Å². The van der Waals surface area contributed by atoms with Crippen LogP contribution in [0.25, 0.3) is 0 Å². The number of aryl methyl sites for hydroxylation is 1. The second kappa shape index (κ2) is 5.46. The maximum atomic E-state index is 11.4. The summed E-state index contributed by atoms with van der Waals surface area (Å²) in [6.07, 6.45) is 1.08. The highest BCUT2D eigenvalue weighted by Gasteiger charge is 2.18. The van der Waals surface area contributed by atoms with E-state index >= 15 is 0 Å². The van der Waals surface area contributed by atoms with Crippen LogP contribution in [-0.2, 0) is 9.47 Å². The maximum Gasteiger partial charge on any atom is 0.357 e. The first-order valence-electron chi connectivity index (χ1n) is 5.58. The van der Waals surface area contributed by atoms with Crippen molar-refractivity contribution in [3.63, 3.8) is 0 Å². The summed E-state index contributed by atoms with van der Waals surface area (Å²) in [5.74, 6) is 0.164. The minimum absolute atomic E-state index is 0.379. The van der Waals surface area contributed by atoms with E-state index in [1.165, 1.54) is 18.4 Å². The van der Waals surface area contributed by atoms with Gasteiger partial charge in [-0.15, -0.1) is 11.3 Å². The number of methoxy groups -OCH3 is 1. The van der Waals surface area contributed by atoms with Gasteiger partial charge in [-0.05, 0) is 13.3 Å². The average Bonchev–Trinajstić information content (AvgIpc) is 2.94. The summed E-state index contributed by atoms with van der Waals surface area (Å²) in [5, 5.41) is 4.02. The number of carbonyl (C=O) groups excluding carboxylic acids is 1. The van der Waals surface area contributed by atoms with Gasteiger partial charge in [0.15, 0.2) is 10.8 Å². The van der Waals surface area contributed by atoms with Crippen LogP contribution >= 0.6 is 11.3 Å². The average molecular weight is 256 g/mol. The van der Waals surface area contributed by atoms with Crippen LogP contribution in [0.4, 0.5) is 5.13 Å². The Bertz CT molecular complexity index is 399. The number of carbonyl (C=O) groups is 1. The molecule has 6 heteroatoms. The summed E-state index contributed by atoms with van der Waals surface area (Å²) >= 11 is 1.48. The van der Waals surface area contributed by atoms with E-state index in [-0.39, 0.29) is 5.97 Å². The molecule has 0 spiro atoms. The van der Waals surface area contributed by atoms with E-state index in [0.29, 0.717) is 11.6 Å². The predicted octanol–water partition coefficient (Wildman–Crippen LogP) is 1.69. The molecule has 0 radical (unpaired) electrons. The fourth-order valence-electron chi connectivity index (χ4n) is 1.73. The quantitative estimate of drug-likeness (QED) is 0.831. The number of ether oxygens (including phenoxy) is 2. The Hall–Kier alpha value is -1.14. The first kappa shape index (κ1) is 12.3. The van der Waals surface area contributed by atoms with Crippen LogP contribution in [0, 0.1) is 12.8 Å². The molecule has 0 aliphatic carbocycles. The zero-order chi connectivity index (χ0) is 12.3. The van der Waals surface area contributed by atoms with Crippen LogP contribution in [-0.4, -0.2) is 37.8 Å². The first-order valence-corrected chi connectivity index (χ1v) is 6.39. The molecular formula is C11H16N2O3S. The summed E-state index contributed by atoms with van der Waals surface area (Å²) < 4.78 is 9.96. The predicted molar refractivity (Wildman–Crippen MR) is 65.6 cm³/mol. The number of aromatic nitrogens is 1. The summed E-state index contributed by atoms with van der Waals surface area (Å²) in [5.41, 5.74) is 0.405. The molecule has 0 amide bonds. The van der Waals surface area contributed by atoms with Gasteiger partial charge in [-0.2, -0.15) is 0 Å². The third-order valence-corrected chi connectivity index (χ3v) is 3.67. The molecule has 1 N–H and O–H groups in total. The Morgan fingerprint density at radius 3 is 3.18 bits per heavy atom. The molecule has 2 heterocycles. The lowest BCUT2D eigenvalue weighted by molar-refractivity contribution is 0.0594. The highest BCUT2D eigenvalue weighted by molar-refractivity contribution is 7.15. The van der Waals surface area contributed by atoms with Gasteiger partial charge in [-0.3, -0.25) is 0 Å². The second-order valence-corrected chi connectivity index (χ2v) is 5.23. The lowest BCUT2D eigenvalue weighted by Crippen LogP contribution is -2.14. The number of thiazole rings is 1. The standard InChI is InChI=1S/C11H16N2O3S/c1-7-9(10(14)15-2)13-11(17-7)12-5-8-3-4-16-6-8/h8H,3-6H2,1-2H3,(H,12,13). The summed E-state index contributed by atoms with van der Waals surface area (Å²) in [4.78, 5) is 16.5. The van der Waals surface area contributed by atoms with Crippen molar-refractivity contribution in [1.29, 1.82) is 0 Å². The Kier molecular flexibility index (Phi) is 3.96. The first-order chi connectivity index (χ1) is 8.20. The molecule has 1 unspecified atom stereocenters. The third kappa shape index (κ3) is 2.95. The highest BCUT2D eigenvalue weighted by Crippen LogP contribution is 2.23. The van der Waals surface area contributed by atoms with E-state index in [2.05, 4.69) is 15.0 Å². The number of hydrogen-bond acceptors (Lipinski definition) is 6. The van der Waals surface area contributed by atoms with Crippen LogP contribution in [0.15, 0.2) is 0 Å². The molecule has 0 saturated carbocycles. The highest BCUT2D eigenvalue weighted by atomic mass is 32.1. The van der Waals surface area contributed by atoms with Crippen molar-refractivity contribution >= 4 is 22.4 Å². The van der Waals surface area contributed by atoms with Crippen LogP contribution in [0.5, 0.6) is 0 Å². The Balaban J connectivity index is 1.94. The van der Waals surface area contributed by atoms with Gasteiger partial charge in [0, 0.05) is 23.9 Å². The fourth-order valence-corrected chi connectivity index (χ4v) is 2.54. The molecule has 94 valence electrons. The third-order valence-electron chi connectivity index (χ3n) is 2.74. The molecule has 0 bridgehead atoms. The normalized spacial score (nSPS) is 19.3. The van der Waals surface area contributed by atoms with Gasteiger partial charge in [0.05, 0.1) is 13.7 Å². The van der Waals surface area contributed by atoms with E-state index < -0.39 is 0 Å². The van der Waals surface area contributed by atoms with Crippen LogP contribution in [0.3, 0.4) is 0 Å². The molecule has 1 aliphatic heterocycles. The molecule has 1 aromatic rings. The molecule has 1 aromatic heterocycles. The minimum atomic E-state index is -0.379. The second-order valence-electron chi connectivity index (χ2n) is 4.03. The minimum Gasteiger partial charge on any atom is -0.464 e. The van der Waals surface area contributed by atoms with Gasteiger partial charge in [0.2, 0.25) is 0 Å². The molecule has 1 atom stereocenters. The maximum absolute atomic E-state index is 11.4. The van der Waals surface area contributed by atoms with Gasteiger partial charge < -0.3 is 14.8 Å². The Labute approximate surface area is 104 Å². The topological polar surface area (TPSA) is 60.5 Å². The zero-order valence-corrected chi connectivity index (χ0v) is 10.8. The summed E-state index contributed by atoms with van der Waals surface area (Å²) in [7, 11) is 1.37. The van der Waals surface area contributed by atoms with Crippen molar-refractivity contribution in [3.8, 4) is 0 Å². The molecule has 1 saturated heterocycles. The Morgan fingerprint density at radius 2 is 2.53 bits per heavy atom. The van der Waals surface area contributed by atoms with Gasteiger partial charge in [0.25, 0.3) is 0 Å². The van der Waals surface area contributed by atoms with E-state index in [4.69, 9.17) is 4.74 Å². The number of esters is 1. The van der Waals surface area contributed by atoms with Crippen molar-refractivity contribution in [2.45, 2.75) is 13.3 Å². The number of nitrogens with zero attached hydrogens (tertiary/aromatic N) is 1. The van der Waals surface area contributed by atoms with Crippen molar-refractivity contribution in [2.75, 3.05) is 32.2 Å². The van der Waals surface area contributed by atoms with Gasteiger partial charge in [-0.1, -0.05) is 0 Å². The summed E-state index contributed by atoms with van der Waals surface area (Å²) in [6.45, 7) is 4.36. The number of rotatable bonds is 4. The molecule has 2 rings (SSSR count). The van der Waals surface area contributed by atoms with Crippen molar-refractivity contribution in [3.05, 3.63) is 10.6 Å². The molecular weight excluding hydrogens is 240 g/mol. The zero-order valence-electron chi connectivity index (χ0n) is 9.99. The van der Waals surface area contributed by atoms with Gasteiger partial charge in [-0.25, -0.2) is 9.78 Å². The van der Waals surface area contributed by atoms with Crippen molar-refractivity contribution < 1.29 is 14.3 Å². The van der Waals surface area contributed by atoms with Crippen LogP contribution < -0.4 is 5.32 Å². The molecule has 1 fully saturated rings. The number of nitrogens with one attached hydrogen (secondary N) is 1. The number of anilines is 1. The SMILES string of the molecule is COC(=O)c1nc(NCC2CCOC2)sc1C. The van der Waals surface area contributed by atoms with Crippen LogP contribution in [0.1, 0.15) is 21.8 Å². The lowest BCUT2D eigenvalue weighted by Gasteiger charge is -2.07. The van der Waals surface area contributed by atoms with E-state index in [1.54, 1.807) is 0 Å². The summed E-state index contributed by atoms with van der Waals surface area (Å²) in [6, 6.07) is 0. The molecule has 5 nitrogen and oxygen atoms in total. The van der Waals surface area contributed by atoms with E-state index in [0.717, 1.165) is 36.2 Å². The smallest absolute Gasteiger partial charge is 0.357 e. The fraction of sp³-hybridized carbons (Fsp3) is 0.636. The molecule has 1 aliphatic rings. The number of hydrogen-bond donors (Lipinski definition) is 1. The van der Waals surface area contributed by atoms with E-state index in [9.17, 15) is 4.79 Å². The molecule has 17 heavy (non-hydrogen) atoms. The molecule has 0 aromatic carbocycles. The largest absolute Gasteiger partial charge is 0.464 e. The van der Waals surface area contributed by atoms with Gasteiger partial charge in [0.1, 0.15) is 0 Å². The Morgan fingerprint density at radius 1 is 1.71 bits per heavy atom. The van der Waals surface area contributed by atoms with Crippen molar-refractivity contribution in [1.82, 2.24) is 4.98 Å². The monoisotopic (exact) mass is 256 g/mol. The van der Waals surface area contributed by atoms with E-state index in [1.807, 2.05) is 6.92 Å². The van der Waals surface area contributed by atoms with Crippen LogP contribution in [0.2, 0.25) is 0 Å². The lowest BCUT2D eigenvalue weighted by atomic mass is 10.1. The van der Waals surface area contributed by atoms with Crippen molar-refractivity contribution in [2.24, 2.45) is 5.92 Å².